The topological polar surface area (TPSA) is 71.9 Å². The van der Waals surface area contributed by atoms with Crippen LogP contribution in [-0.2, 0) is 6.54 Å². The van der Waals surface area contributed by atoms with Crippen molar-refractivity contribution in [3.8, 4) is 0 Å². The van der Waals surface area contributed by atoms with E-state index in [9.17, 15) is 14.4 Å². The van der Waals surface area contributed by atoms with Gasteiger partial charge in [-0.1, -0.05) is 45.4 Å². The summed E-state index contributed by atoms with van der Waals surface area (Å²) in [5.41, 5.74) is 1.93. The first kappa shape index (κ1) is 20.6. The molecular formula is C22H28N2O3. The molecule has 0 saturated carbocycles. The highest BCUT2D eigenvalue weighted by Crippen LogP contribution is 2.20. The molecule has 0 aliphatic rings. The van der Waals surface area contributed by atoms with Gasteiger partial charge in [-0.05, 0) is 49.4 Å². The van der Waals surface area contributed by atoms with Crippen molar-refractivity contribution in [1.82, 2.24) is 9.55 Å². The molecular weight excluding hydrogens is 340 g/mol. The maximum Gasteiger partial charge on any atom is 0.328 e. The number of ketones is 1. The van der Waals surface area contributed by atoms with E-state index in [4.69, 9.17) is 0 Å². The summed E-state index contributed by atoms with van der Waals surface area (Å²) >= 11 is 0. The lowest BCUT2D eigenvalue weighted by Gasteiger charge is -2.17. The minimum absolute atomic E-state index is 0.180. The molecule has 0 aliphatic heterocycles. The van der Waals surface area contributed by atoms with Gasteiger partial charge in [0.05, 0.1) is 0 Å². The summed E-state index contributed by atoms with van der Waals surface area (Å²) in [5, 5.41) is 0. The molecule has 1 heterocycles. The van der Waals surface area contributed by atoms with Crippen molar-refractivity contribution in [3.63, 3.8) is 0 Å². The Morgan fingerprint density at radius 2 is 1.93 bits per heavy atom. The predicted octanol–water partition coefficient (Wildman–Crippen LogP) is 4.03. The van der Waals surface area contributed by atoms with Crippen LogP contribution in [0, 0.1) is 6.92 Å². The number of aryl methyl sites for hydroxylation is 1. The highest BCUT2D eigenvalue weighted by Gasteiger charge is 2.24. The molecule has 1 aromatic carbocycles. The number of nitrogens with zero attached hydrogens (tertiary/aromatic N) is 1. The summed E-state index contributed by atoms with van der Waals surface area (Å²) in [5.74, 6) is -0.464. The number of hydrogen-bond donors (Lipinski definition) is 1. The largest absolute Gasteiger partial charge is 0.328 e. The monoisotopic (exact) mass is 368 g/mol. The van der Waals surface area contributed by atoms with Crippen LogP contribution < -0.4 is 11.2 Å². The lowest BCUT2D eigenvalue weighted by atomic mass is 9.95. The molecule has 5 nitrogen and oxygen atoms in total. The van der Waals surface area contributed by atoms with Gasteiger partial charge in [-0.2, -0.15) is 0 Å². The Morgan fingerprint density at radius 3 is 2.52 bits per heavy atom. The van der Waals surface area contributed by atoms with Crippen molar-refractivity contribution >= 4 is 11.9 Å². The average molecular weight is 368 g/mol. The molecule has 144 valence electrons. The number of H-pyrrole nitrogens is 1. The van der Waals surface area contributed by atoms with Gasteiger partial charge < -0.3 is 0 Å². The summed E-state index contributed by atoms with van der Waals surface area (Å²) in [4.78, 5) is 40.7. The van der Waals surface area contributed by atoms with E-state index >= 15 is 0 Å². The highest BCUT2D eigenvalue weighted by molar-refractivity contribution is 6.09. The zero-order chi connectivity index (χ0) is 20.1. The van der Waals surface area contributed by atoms with Gasteiger partial charge in [-0.3, -0.25) is 19.1 Å². The maximum atomic E-state index is 13.4. The van der Waals surface area contributed by atoms with E-state index in [1.807, 2.05) is 52.8 Å². The normalized spacial score (nSPS) is 11.5. The average Bonchev–Trinajstić information content (AvgIpc) is 2.59. The molecule has 0 radical (unpaired) electrons. The standard InChI is InChI=1S/C22H28N2O3/c1-6-8-10-24-19(18(14(3)4)21(26)23-22(24)27)20(25)17-12-15(5)11-16(13-17)9-7-2/h7,9,11-14H,6,8,10H2,1-5H3,(H,23,26,27)/b9-7+. The first-order chi connectivity index (χ1) is 12.8. The maximum absolute atomic E-state index is 13.4. The second kappa shape index (κ2) is 8.80. The van der Waals surface area contributed by atoms with Crippen molar-refractivity contribution in [2.24, 2.45) is 0 Å². The van der Waals surface area contributed by atoms with Crippen molar-refractivity contribution in [2.75, 3.05) is 0 Å². The Kier molecular flexibility index (Phi) is 6.72. The number of carbonyl (C=O) groups is 1. The molecule has 0 aliphatic carbocycles. The van der Waals surface area contributed by atoms with Crippen molar-refractivity contribution in [1.29, 1.82) is 0 Å². The molecule has 0 bridgehead atoms. The molecule has 0 saturated heterocycles. The molecule has 1 aromatic heterocycles. The van der Waals surface area contributed by atoms with Crippen LogP contribution in [0.5, 0.6) is 0 Å². The van der Waals surface area contributed by atoms with Crippen molar-refractivity contribution in [3.05, 3.63) is 73.1 Å². The lowest BCUT2D eigenvalue weighted by molar-refractivity contribution is 0.102. The molecule has 5 heteroatoms. The van der Waals surface area contributed by atoms with Crippen LogP contribution in [0.4, 0.5) is 0 Å². The number of aromatic amines is 1. The SMILES string of the molecule is C/C=C/c1cc(C)cc(C(=O)c2c(C(C)C)c(=O)[nH]c(=O)n2CCCC)c1. The number of allylic oxidation sites excluding steroid dienone is 1. The fourth-order valence-corrected chi connectivity index (χ4v) is 3.27. The minimum atomic E-state index is -0.525. The Bertz CT molecular complexity index is 978. The summed E-state index contributed by atoms with van der Waals surface area (Å²) in [6.07, 6.45) is 5.47. The Hall–Kier alpha value is -2.69. The molecule has 0 unspecified atom stereocenters. The third-order valence-electron chi connectivity index (χ3n) is 4.48. The summed E-state index contributed by atoms with van der Waals surface area (Å²) in [6.45, 7) is 9.98. The van der Waals surface area contributed by atoms with E-state index < -0.39 is 11.2 Å². The van der Waals surface area contributed by atoms with Gasteiger partial charge in [-0.25, -0.2) is 4.79 Å². The van der Waals surface area contributed by atoms with E-state index in [1.165, 1.54) is 4.57 Å². The molecule has 2 rings (SSSR count). The lowest BCUT2D eigenvalue weighted by Crippen LogP contribution is -2.38. The van der Waals surface area contributed by atoms with Crippen molar-refractivity contribution in [2.45, 2.75) is 59.9 Å². The van der Waals surface area contributed by atoms with Gasteiger partial charge in [0.1, 0.15) is 5.69 Å². The van der Waals surface area contributed by atoms with Gasteiger partial charge in [-0.15, -0.1) is 0 Å². The number of rotatable bonds is 7. The third kappa shape index (κ3) is 4.54. The zero-order valence-corrected chi connectivity index (χ0v) is 16.8. The van der Waals surface area contributed by atoms with Gasteiger partial charge >= 0.3 is 5.69 Å². The van der Waals surface area contributed by atoms with Gasteiger partial charge in [0.2, 0.25) is 5.78 Å². The zero-order valence-electron chi connectivity index (χ0n) is 16.8. The quantitative estimate of drug-likeness (QED) is 0.750. The number of hydrogen-bond acceptors (Lipinski definition) is 3. The number of unbranched alkanes of at least 4 members (excludes halogenated alkanes) is 1. The van der Waals surface area contributed by atoms with Gasteiger partial charge in [0, 0.05) is 17.7 Å². The third-order valence-corrected chi connectivity index (χ3v) is 4.48. The molecule has 0 atom stereocenters. The first-order valence-corrected chi connectivity index (χ1v) is 9.46. The van der Waals surface area contributed by atoms with Crippen LogP contribution in [0.3, 0.4) is 0 Å². The summed E-state index contributed by atoms with van der Waals surface area (Å²) < 4.78 is 1.43. The van der Waals surface area contributed by atoms with Crippen LogP contribution in [0.15, 0.2) is 33.9 Å². The molecule has 1 N–H and O–H groups in total. The fourth-order valence-electron chi connectivity index (χ4n) is 3.27. The van der Waals surface area contributed by atoms with Crippen LogP contribution in [0.1, 0.15) is 79.2 Å². The van der Waals surface area contributed by atoms with Crippen LogP contribution in [0.2, 0.25) is 0 Å². The predicted molar refractivity (Wildman–Crippen MR) is 110 cm³/mol. The van der Waals surface area contributed by atoms with Crippen LogP contribution in [-0.4, -0.2) is 15.3 Å². The van der Waals surface area contributed by atoms with E-state index in [0.717, 1.165) is 24.0 Å². The second-order valence-electron chi connectivity index (χ2n) is 7.14. The fraction of sp³-hybridized carbons (Fsp3) is 0.409. The number of carbonyl (C=O) groups excluding carboxylic acids is 1. The number of benzene rings is 1. The van der Waals surface area contributed by atoms with E-state index in [2.05, 4.69) is 4.98 Å². The summed E-state index contributed by atoms with van der Waals surface area (Å²) in [6, 6.07) is 5.59. The first-order valence-electron chi connectivity index (χ1n) is 9.46. The number of aromatic nitrogens is 2. The molecule has 0 amide bonds. The Morgan fingerprint density at radius 1 is 1.22 bits per heavy atom. The van der Waals surface area contributed by atoms with E-state index in [1.54, 1.807) is 12.1 Å². The molecule has 2 aromatic rings. The minimum Gasteiger partial charge on any atom is -0.290 e. The summed E-state index contributed by atoms with van der Waals surface area (Å²) in [7, 11) is 0. The molecule has 0 spiro atoms. The Labute approximate surface area is 159 Å². The Balaban J connectivity index is 2.77. The smallest absolute Gasteiger partial charge is 0.290 e. The van der Waals surface area contributed by atoms with Crippen LogP contribution >= 0.6 is 0 Å². The van der Waals surface area contributed by atoms with Gasteiger partial charge in [0.25, 0.3) is 5.56 Å². The highest BCUT2D eigenvalue weighted by atomic mass is 16.2. The molecule has 0 fully saturated rings. The van der Waals surface area contributed by atoms with E-state index in [0.29, 0.717) is 17.7 Å². The second-order valence-corrected chi connectivity index (χ2v) is 7.14. The molecule has 27 heavy (non-hydrogen) atoms. The van der Waals surface area contributed by atoms with Crippen molar-refractivity contribution < 1.29 is 4.79 Å². The number of nitrogens with one attached hydrogen (secondary N) is 1. The van der Waals surface area contributed by atoms with Crippen LogP contribution in [0.25, 0.3) is 6.08 Å². The van der Waals surface area contributed by atoms with E-state index in [-0.39, 0.29) is 17.4 Å². The van der Waals surface area contributed by atoms with Gasteiger partial charge in [0.15, 0.2) is 0 Å².